The lowest BCUT2D eigenvalue weighted by molar-refractivity contribution is 0.0954. The minimum atomic E-state index is -3.57. The van der Waals surface area contributed by atoms with E-state index in [1.165, 1.54) is 15.9 Å². The van der Waals surface area contributed by atoms with Crippen molar-refractivity contribution in [2.75, 3.05) is 13.1 Å². The number of piperidine rings is 1. The number of hydrazone groups is 1. The van der Waals surface area contributed by atoms with Crippen LogP contribution >= 0.6 is 0 Å². The van der Waals surface area contributed by atoms with Gasteiger partial charge in [-0.25, -0.2) is 13.8 Å². The molecule has 1 heterocycles. The lowest BCUT2D eigenvalue weighted by atomic mass is 9.77. The van der Waals surface area contributed by atoms with E-state index < -0.39 is 15.9 Å². The molecule has 6 nitrogen and oxygen atoms in total. The number of rotatable bonds is 4. The van der Waals surface area contributed by atoms with E-state index in [0.29, 0.717) is 18.7 Å². The first-order valence-corrected chi connectivity index (χ1v) is 11.3. The molecule has 1 saturated heterocycles. The molecule has 7 heteroatoms. The number of carbonyl (C=O) groups is 1. The smallest absolute Gasteiger partial charge is 0.267 e. The predicted octanol–water partition coefficient (Wildman–Crippen LogP) is 3.71. The average Bonchev–Trinajstić information content (AvgIpc) is 2.65. The number of nitrogens with zero attached hydrogens (tertiary/aromatic N) is 2. The van der Waals surface area contributed by atoms with Crippen molar-refractivity contribution in [3.63, 3.8) is 0 Å². The van der Waals surface area contributed by atoms with Crippen molar-refractivity contribution < 1.29 is 13.2 Å². The lowest BCUT2D eigenvalue weighted by Crippen LogP contribution is -2.35. The molecule has 1 aliphatic carbocycles. The summed E-state index contributed by atoms with van der Waals surface area (Å²) in [7, 11) is -3.57. The number of benzene rings is 1. The Morgan fingerprint density at radius 2 is 1.86 bits per heavy atom. The fraction of sp³-hybridized carbons (Fsp3) is 0.524. The molecule has 1 fully saturated rings. The van der Waals surface area contributed by atoms with Gasteiger partial charge in [0.1, 0.15) is 0 Å². The second kappa shape index (κ2) is 8.17. The van der Waals surface area contributed by atoms with Crippen molar-refractivity contribution in [2.45, 2.75) is 57.8 Å². The van der Waals surface area contributed by atoms with Gasteiger partial charge in [-0.3, -0.25) is 4.79 Å². The third kappa shape index (κ3) is 4.89. The SMILES string of the molecule is CC1=C/C(=N/NC(=O)c2cccc(S(=O)(=O)N3CCCCC3)c2)CC(C)(C)C1. The van der Waals surface area contributed by atoms with E-state index >= 15 is 0 Å². The van der Waals surface area contributed by atoms with Crippen LogP contribution in [0, 0.1) is 5.41 Å². The third-order valence-corrected chi connectivity index (χ3v) is 7.07. The maximum absolute atomic E-state index is 12.8. The molecule has 1 aromatic rings. The number of hydrogen-bond donors (Lipinski definition) is 1. The van der Waals surface area contributed by atoms with Gasteiger partial charge in [-0.15, -0.1) is 0 Å². The van der Waals surface area contributed by atoms with Crippen LogP contribution in [0.15, 0.2) is 45.9 Å². The van der Waals surface area contributed by atoms with E-state index in [1.807, 2.05) is 6.08 Å². The van der Waals surface area contributed by atoms with Crippen LogP contribution in [0.25, 0.3) is 0 Å². The third-order valence-electron chi connectivity index (χ3n) is 5.18. The molecule has 0 aromatic heterocycles. The van der Waals surface area contributed by atoms with Crippen LogP contribution in [-0.4, -0.2) is 37.4 Å². The standard InChI is InChI=1S/C21H29N3O3S/c1-16-12-18(15-21(2,3)14-16)22-23-20(25)17-8-7-9-19(13-17)28(26,27)24-10-5-4-6-11-24/h7-9,12-13H,4-6,10-11,14-15H2,1-3H3,(H,23,25)/b22-18-. The van der Waals surface area contributed by atoms with Crippen LogP contribution in [0.2, 0.25) is 0 Å². The Bertz CT molecular complexity index is 911. The fourth-order valence-electron chi connectivity index (χ4n) is 4.01. The summed E-state index contributed by atoms with van der Waals surface area (Å²) in [5.41, 5.74) is 5.05. The minimum absolute atomic E-state index is 0.116. The number of amides is 1. The summed E-state index contributed by atoms with van der Waals surface area (Å²) in [6.45, 7) is 7.49. The van der Waals surface area contributed by atoms with Crippen LogP contribution in [0.1, 0.15) is 63.2 Å². The van der Waals surface area contributed by atoms with Gasteiger partial charge in [-0.05, 0) is 62.3 Å². The summed E-state index contributed by atoms with van der Waals surface area (Å²) in [4.78, 5) is 12.7. The molecule has 152 valence electrons. The molecule has 0 atom stereocenters. The van der Waals surface area contributed by atoms with E-state index in [1.54, 1.807) is 18.2 Å². The van der Waals surface area contributed by atoms with E-state index in [9.17, 15) is 13.2 Å². The van der Waals surface area contributed by atoms with E-state index in [4.69, 9.17) is 0 Å². The molecule has 1 amide bonds. The van der Waals surface area contributed by atoms with Gasteiger partial charge in [0.15, 0.2) is 0 Å². The molecule has 0 radical (unpaired) electrons. The molecular weight excluding hydrogens is 374 g/mol. The van der Waals surface area contributed by atoms with Crippen molar-refractivity contribution in [3.05, 3.63) is 41.5 Å². The predicted molar refractivity (Wildman–Crippen MR) is 111 cm³/mol. The van der Waals surface area contributed by atoms with Crippen LogP contribution in [0.5, 0.6) is 0 Å². The zero-order valence-corrected chi connectivity index (χ0v) is 17.7. The second-order valence-corrected chi connectivity index (χ2v) is 10.5. The quantitative estimate of drug-likeness (QED) is 0.778. The van der Waals surface area contributed by atoms with Gasteiger partial charge in [0.2, 0.25) is 10.0 Å². The first-order valence-electron chi connectivity index (χ1n) is 9.82. The Morgan fingerprint density at radius 3 is 2.54 bits per heavy atom. The van der Waals surface area contributed by atoms with Gasteiger partial charge in [0, 0.05) is 18.7 Å². The van der Waals surface area contributed by atoms with Crippen LogP contribution in [0.4, 0.5) is 0 Å². The number of nitrogens with one attached hydrogen (secondary N) is 1. The number of carbonyl (C=O) groups excluding carboxylic acids is 1. The molecule has 0 saturated carbocycles. The maximum atomic E-state index is 12.8. The average molecular weight is 404 g/mol. The highest BCUT2D eigenvalue weighted by molar-refractivity contribution is 7.89. The summed E-state index contributed by atoms with van der Waals surface area (Å²) >= 11 is 0. The first kappa shape index (κ1) is 20.7. The van der Waals surface area contributed by atoms with Gasteiger partial charge < -0.3 is 0 Å². The Balaban J connectivity index is 1.76. The highest BCUT2D eigenvalue weighted by Gasteiger charge is 2.27. The largest absolute Gasteiger partial charge is 0.271 e. The Labute approximate surface area is 167 Å². The highest BCUT2D eigenvalue weighted by atomic mass is 32.2. The molecule has 28 heavy (non-hydrogen) atoms. The van der Waals surface area contributed by atoms with Gasteiger partial charge in [-0.2, -0.15) is 9.41 Å². The first-order chi connectivity index (χ1) is 13.2. The molecule has 0 bridgehead atoms. The molecule has 1 aliphatic heterocycles. The van der Waals surface area contributed by atoms with Crippen molar-refractivity contribution in [1.29, 1.82) is 0 Å². The van der Waals surface area contributed by atoms with Crippen molar-refractivity contribution in [1.82, 2.24) is 9.73 Å². The fourth-order valence-corrected chi connectivity index (χ4v) is 5.57. The second-order valence-electron chi connectivity index (χ2n) is 8.55. The molecule has 1 N–H and O–H groups in total. The number of hydrogen-bond acceptors (Lipinski definition) is 4. The van der Waals surface area contributed by atoms with Crippen LogP contribution < -0.4 is 5.43 Å². The molecule has 2 aliphatic rings. The van der Waals surface area contributed by atoms with Crippen molar-refractivity contribution >= 4 is 21.6 Å². The molecule has 0 unspecified atom stereocenters. The summed E-state index contributed by atoms with van der Waals surface area (Å²) in [5.74, 6) is -0.405. The summed E-state index contributed by atoms with van der Waals surface area (Å²) in [5, 5.41) is 4.27. The molecule has 3 rings (SSSR count). The van der Waals surface area contributed by atoms with E-state index in [-0.39, 0.29) is 10.3 Å². The Hall–Kier alpha value is -1.99. The minimum Gasteiger partial charge on any atom is -0.267 e. The topological polar surface area (TPSA) is 78.8 Å². The number of sulfonamides is 1. The number of allylic oxidation sites excluding steroid dienone is 2. The Kier molecular flexibility index (Phi) is 6.05. The van der Waals surface area contributed by atoms with Crippen LogP contribution in [0.3, 0.4) is 0 Å². The van der Waals surface area contributed by atoms with Crippen molar-refractivity contribution in [3.8, 4) is 0 Å². The van der Waals surface area contributed by atoms with Gasteiger partial charge in [0.05, 0.1) is 10.6 Å². The van der Waals surface area contributed by atoms with Gasteiger partial charge in [-0.1, -0.05) is 31.9 Å². The highest BCUT2D eigenvalue weighted by Crippen LogP contribution is 2.33. The van der Waals surface area contributed by atoms with Crippen LogP contribution in [-0.2, 0) is 10.0 Å². The van der Waals surface area contributed by atoms with Crippen molar-refractivity contribution in [2.24, 2.45) is 10.5 Å². The lowest BCUT2D eigenvalue weighted by Gasteiger charge is -2.29. The van der Waals surface area contributed by atoms with E-state index in [2.05, 4.69) is 31.3 Å². The molecule has 0 spiro atoms. The molecule has 1 aromatic carbocycles. The van der Waals surface area contributed by atoms with Gasteiger partial charge >= 0.3 is 0 Å². The Morgan fingerprint density at radius 1 is 1.14 bits per heavy atom. The summed E-state index contributed by atoms with van der Waals surface area (Å²) < 4.78 is 27.2. The zero-order valence-electron chi connectivity index (χ0n) is 16.9. The van der Waals surface area contributed by atoms with E-state index in [0.717, 1.165) is 37.8 Å². The zero-order chi connectivity index (χ0) is 20.4. The maximum Gasteiger partial charge on any atom is 0.271 e. The molecular formula is C21H29N3O3S. The monoisotopic (exact) mass is 403 g/mol. The summed E-state index contributed by atoms with van der Waals surface area (Å²) in [6, 6.07) is 6.19. The normalized spacial score (nSPS) is 22.0. The van der Waals surface area contributed by atoms with Gasteiger partial charge in [0.25, 0.3) is 5.91 Å². The summed E-state index contributed by atoms with van der Waals surface area (Å²) in [6.07, 6.45) is 6.60.